The maximum absolute atomic E-state index is 12.2. The highest BCUT2D eigenvalue weighted by atomic mass is 35.5. The third kappa shape index (κ3) is 2.39. The Morgan fingerprint density at radius 2 is 2.38 bits per heavy atom. The van der Waals surface area contributed by atoms with E-state index in [2.05, 4.69) is 12.2 Å². The van der Waals surface area contributed by atoms with Crippen molar-refractivity contribution in [2.24, 2.45) is 0 Å². The fourth-order valence-electron chi connectivity index (χ4n) is 1.76. The van der Waals surface area contributed by atoms with E-state index in [0.717, 1.165) is 30.9 Å². The number of hydrogen-bond acceptors (Lipinski definition) is 3. The maximum atomic E-state index is 12.2. The van der Waals surface area contributed by atoms with E-state index in [1.165, 1.54) is 11.3 Å². The Hall–Kier alpha value is -0.580. The van der Waals surface area contributed by atoms with Crippen LogP contribution in [0.1, 0.15) is 23.0 Å². The van der Waals surface area contributed by atoms with E-state index in [0.29, 0.717) is 10.4 Å². The molecule has 1 aliphatic heterocycles. The van der Waals surface area contributed by atoms with Crippen LogP contribution in [0.3, 0.4) is 0 Å². The molecule has 5 heteroatoms. The minimum Gasteiger partial charge on any atom is -0.332 e. The van der Waals surface area contributed by atoms with Gasteiger partial charge in [0.15, 0.2) is 0 Å². The van der Waals surface area contributed by atoms with Crippen molar-refractivity contribution in [3.63, 3.8) is 0 Å². The van der Waals surface area contributed by atoms with Crippen LogP contribution < -0.4 is 5.32 Å². The fourth-order valence-corrected chi connectivity index (χ4v) is 2.75. The second-order valence-corrected chi connectivity index (χ2v) is 5.63. The van der Waals surface area contributed by atoms with E-state index < -0.39 is 0 Å². The molecule has 1 N–H and O–H groups in total. The van der Waals surface area contributed by atoms with E-state index in [-0.39, 0.29) is 5.91 Å². The zero-order valence-electron chi connectivity index (χ0n) is 9.20. The topological polar surface area (TPSA) is 32.3 Å². The van der Waals surface area contributed by atoms with Gasteiger partial charge in [0.25, 0.3) is 5.91 Å². The highest BCUT2D eigenvalue weighted by molar-refractivity contribution is 7.17. The zero-order valence-corrected chi connectivity index (χ0v) is 10.8. The number of rotatable bonds is 4. The number of carbonyl (C=O) groups is 1. The number of nitrogens with zero attached hydrogens (tertiary/aromatic N) is 1. The van der Waals surface area contributed by atoms with Gasteiger partial charge in [0.1, 0.15) is 0 Å². The maximum Gasteiger partial charge on any atom is 0.264 e. The number of hydrogen-bond donors (Lipinski definition) is 1. The van der Waals surface area contributed by atoms with Gasteiger partial charge in [-0.25, -0.2) is 0 Å². The van der Waals surface area contributed by atoms with Gasteiger partial charge in [0.2, 0.25) is 0 Å². The standard InChI is InChI=1S/C11H15ClN2OS/c1-2-5-14(8-6-13-7-8)11(15)9-3-4-10(12)16-9/h3-4,8,13H,2,5-7H2,1H3. The molecule has 1 aromatic rings. The van der Waals surface area contributed by atoms with Gasteiger partial charge in [-0.05, 0) is 18.6 Å². The Balaban J connectivity index is 2.09. The summed E-state index contributed by atoms with van der Waals surface area (Å²) < 4.78 is 0.673. The van der Waals surface area contributed by atoms with Crippen molar-refractivity contribution < 1.29 is 4.79 Å². The Morgan fingerprint density at radius 3 is 2.81 bits per heavy atom. The molecule has 88 valence electrons. The fraction of sp³-hybridized carbons (Fsp3) is 0.545. The third-order valence-corrected chi connectivity index (χ3v) is 3.93. The summed E-state index contributed by atoms with van der Waals surface area (Å²) in [6.07, 6.45) is 0.987. The van der Waals surface area contributed by atoms with Crippen molar-refractivity contribution in [3.8, 4) is 0 Å². The van der Waals surface area contributed by atoms with Crippen LogP contribution in [0, 0.1) is 0 Å². The van der Waals surface area contributed by atoms with Crippen LogP contribution in [0.5, 0.6) is 0 Å². The normalized spacial score (nSPS) is 15.9. The molecule has 0 radical (unpaired) electrons. The van der Waals surface area contributed by atoms with Gasteiger partial charge >= 0.3 is 0 Å². The Bertz CT molecular complexity index is 376. The molecule has 2 heterocycles. The van der Waals surface area contributed by atoms with Crippen LogP contribution >= 0.6 is 22.9 Å². The molecule has 1 fully saturated rings. The second-order valence-electron chi connectivity index (χ2n) is 3.91. The van der Waals surface area contributed by atoms with E-state index >= 15 is 0 Å². The lowest BCUT2D eigenvalue weighted by Crippen LogP contribution is -2.58. The van der Waals surface area contributed by atoms with Crippen molar-refractivity contribution in [2.75, 3.05) is 19.6 Å². The Labute approximate surface area is 104 Å². The van der Waals surface area contributed by atoms with Crippen molar-refractivity contribution in [1.29, 1.82) is 0 Å². The molecule has 0 bridgehead atoms. The summed E-state index contributed by atoms with van der Waals surface area (Å²) in [6.45, 7) is 4.73. The minimum atomic E-state index is 0.116. The van der Waals surface area contributed by atoms with Crippen molar-refractivity contribution >= 4 is 28.8 Å². The highest BCUT2D eigenvalue weighted by Crippen LogP contribution is 2.24. The molecule has 1 aliphatic rings. The molecule has 0 atom stereocenters. The Morgan fingerprint density at radius 1 is 1.62 bits per heavy atom. The molecule has 0 aromatic carbocycles. The molecule has 0 saturated carbocycles. The number of halogens is 1. The van der Waals surface area contributed by atoms with Crippen LogP contribution in [0.4, 0.5) is 0 Å². The van der Waals surface area contributed by atoms with Gasteiger partial charge in [-0.2, -0.15) is 0 Å². The van der Waals surface area contributed by atoms with E-state index in [4.69, 9.17) is 11.6 Å². The summed E-state index contributed by atoms with van der Waals surface area (Å²) >= 11 is 7.20. The third-order valence-electron chi connectivity index (χ3n) is 2.71. The molecular formula is C11H15ClN2OS. The summed E-state index contributed by atoms with van der Waals surface area (Å²) in [5, 5.41) is 3.20. The first-order chi connectivity index (χ1) is 7.72. The first-order valence-electron chi connectivity index (χ1n) is 5.49. The van der Waals surface area contributed by atoms with Crippen LogP contribution in [0.2, 0.25) is 4.34 Å². The molecule has 0 spiro atoms. The molecule has 16 heavy (non-hydrogen) atoms. The number of amides is 1. The van der Waals surface area contributed by atoms with Gasteiger partial charge in [-0.15, -0.1) is 11.3 Å². The molecule has 1 aromatic heterocycles. The summed E-state index contributed by atoms with van der Waals surface area (Å²) in [6, 6.07) is 3.94. The molecule has 2 rings (SSSR count). The van der Waals surface area contributed by atoms with Crippen molar-refractivity contribution in [3.05, 3.63) is 21.3 Å². The van der Waals surface area contributed by atoms with Crippen LogP contribution in [0.25, 0.3) is 0 Å². The summed E-state index contributed by atoms with van der Waals surface area (Å²) in [5.74, 6) is 0.116. The predicted molar refractivity (Wildman–Crippen MR) is 67.3 cm³/mol. The van der Waals surface area contributed by atoms with Crippen LogP contribution in [-0.2, 0) is 0 Å². The van der Waals surface area contributed by atoms with Crippen molar-refractivity contribution in [1.82, 2.24) is 10.2 Å². The first-order valence-corrected chi connectivity index (χ1v) is 6.69. The lowest BCUT2D eigenvalue weighted by Gasteiger charge is -2.38. The predicted octanol–water partition coefficient (Wildman–Crippen LogP) is 2.23. The summed E-state index contributed by atoms with van der Waals surface area (Å²) in [4.78, 5) is 14.9. The molecule has 0 unspecified atom stereocenters. The lowest BCUT2D eigenvalue weighted by molar-refractivity contribution is 0.0621. The summed E-state index contributed by atoms with van der Waals surface area (Å²) in [7, 11) is 0. The molecule has 3 nitrogen and oxygen atoms in total. The van der Waals surface area contributed by atoms with Crippen LogP contribution in [-0.4, -0.2) is 36.5 Å². The number of nitrogens with one attached hydrogen (secondary N) is 1. The lowest BCUT2D eigenvalue weighted by atomic mass is 10.1. The average Bonchev–Trinajstić information content (AvgIpc) is 2.60. The first kappa shape index (κ1) is 11.9. The molecular weight excluding hydrogens is 244 g/mol. The van der Waals surface area contributed by atoms with Gasteiger partial charge in [-0.1, -0.05) is 18.5 Å². The van der Waals surface area contributed by atoms with E-state index in [1.54, 1.807) is 6.07 Å². The van der Waals surface area contributed by atoms with Crippen molar-refractivity contribution in [2.45, 2.75) is 19.4 Å². The summed E-state index contributed by atoms with van der Waals surface area (Å²) in [5.41, 5.74) is 0. The van der Waals surface area contributed by atoms with Gasteiger partial charge in [-0.3, -0.25) is 4.79 Å². The Kier molecular flexibility index (Phi) is 3.84. The zero-order chi connectivity index (χ0) is 11.5. The SMILES string of the molecule is CCCN(C(=O)c1ccc(Cl)s1)C1CNC1. The smallest absolute Gasteiger partial charge is 0.264 e. The van der Waals surface area contributed by atoms with E-state index in [1.807, 2.05) is 11.0 Å². The second kappa shape index (κ2) is 5.17. The minimum absolute atomic E-state index is 0.116. The number of carbonyl (C=O) groups excluding carboxylic acids is 1. The quantitative estimate of drug-likeness (QED) is 0.898. The largest absolute Gasteiger partial charge is 0.332 e. The average molecular weight is 259 g/mol. The van der Waals surface area contributed by atoms with Gasteiger partial charge in [0.05, 0.1) is 15.3 Å². The molecule has 0 aliphatic carbocycles. The molecule has 1 amide bonds. The van der Waals surface area contributed by atoms with E-state index in [9.17, 15) is 4.79 Å². The van der Waals surface area contributed by atoms with Gasteiger partial charge in [0, 0.05) is 19.6 Å². The monoisotopic (exact) mass is 258 g/mol. The number of thiophene rings is 1. The van der Waals surface area contributed by atoms with Gasteiger partial charge < -0.3 is 10.2 Å². The highest BCUT2D eigenvalue weighted by Gasteiger charge is 2.29. The van der Waals surface area contributed by atoms with Crippen LogP contribution in [0.15, 0.2) is 12.1 Å². The molecule has 1 saturated heterocycles.